The lowest BCUT2D eigenvalue weighted by Gasteiger charge is -2.00. The molecule has 76 valence electrons. The Morgan fingerprint density at radius 3 is 2.40 bits per heavy atom. The van der Waals surface area contributed by atoms with Crippen molar-refractivity contribution in [3.63, 3.8) is 0 Å². The number of hydrogen-bond donors (Lipinski definition) is 0. The van der Waals surface area contributed by atoms with Crippen LogP contribution in [0, 0.1) is 12.7 Å². The molecule has 0 spiro atoms. The zero-order valence-electron chi connectivity index (χ0n) is 7.78. The fraction of sp³-hybridized carbons (Fsp3) is 0.111. The number of halogens is 2. The van der Waals surface area contributed by atoms with Crippen molar-refractivity contribution in [1.29, 1.82) is 0 Å². The summed E-state index contributed by atoms with van der Waals surface area (Å²) >= 11 is 5.62. The van der Waals surface area contributed by atoms with E-state index in [1.54, 1.807) is 13.0 Å². The second-order valence-electron chi connectivity index (χ2n) is 2.89. The number of aromatic nitrogens is 4. The third-order valence-corrected chi connectivity index (χ3v) is 1.99. The first-order valence-electron chi connectivity index (χ1n) is 4.16. The van der Waals surface area contributed by atoms with Gasteiger partial charge in [-0.25, -0.2) is 4.39 Å². The maximum atomic E-state index is 13.4. The van der Waals surface area contributed by atoms with Crippen LogP contribution in [0.25, 0.3) is 11.4 Å². The van der Waals surface area contributed by atoms with Crippen LogP contribution in [0.4, 0.5) is 4.39 Å². The molecule has 1 aromatic heterocycles. The predicted octanol–water partition coefficient (Wildman–Crippen LogP) is 2.03. The molecule has 0 unspecified atom stereocenters. The number of aryl methyl sites for hydroxylation is 1. The van der Waals surface area contributed by atoms with Crippen LogP contribution in [0.1, 0.15) is 5.82 Å². The summed E-state index contributed by atoms with van der Waals surface area (Å²) in [7, 11) is 0. The molecule has 15 heavy (non-hydrogen) atoms. The lowest BCUT2D eigenvalue weighted by Crippen LogP contribution is -1.99. The van der Waals surface area contributed by atoms with Crippen LogP contribution in [0.5, 0.6) is 0 Å². The number of hydrogen-bond acceptors (Lipinski definition) is 4. The first kappa shape index (κ1) is 9.92. The molecule has 2 aromatic rings. The van der Waals surface area contributed by atoms with Crippen LogP contribution in [-0.2, 0) is 0 Å². The normalized spacial score (nSPS) is 10.3. The van der Waals surface area contributed by atoms with Crippen molar-refractivity contribution in [2.45, 2.75) is 6.92 Å². The molecule has 0 aliphatic rings. The molecule has 0 fully saturated rings. The van der Waals surface area contributed by atoms with Crippen molar-refractivity contribution in [3.05, 3.63) is 34.9 Å². The molecular weight excluding hydrogens is 219 g/mol. The van der Waals surface area contributed by atoms with Gasteiger partial charge in [-0.1, -0.05) is 11.6 Å². The van der Waals surface area contributed by atoms with Gasteiger partial charge in [-0.3, -0.25) is 0 Å². The highest BCUT2D eigenvalue weighted by Gasteiger charge is 2.09. The molecule has 6 heteroatoms. The first-order valence-corrected chi connectivity index (χ1v) is 4.54. The number of nitrogens with zero attached hydrogens (tertiary/aromatic N) is 4. The summed E-state index contributed by atoms with van der Waals surface area (Å²) in [4.78, 5) is 0. The van der Waals surface area contributed by atoms with Gasteiger partial charge in [0.25, 0.3) is 0 Å². The highest BCUT2D eigenvalue weighted by Crippen LogP contribution is 2.21. The molecule has 0 N–H and O–H groups in total. The SMILES string of the molecule is Cc1nnc(-c2ccc(Cl)cc2F)nn1. The highest BCUT2D eigenvalue weighted by atomic mass is 35.5. The van der Waals surface area contributed by atoms with Gasteiger partial charge in [0.15, 0.2) is 5.82 Å². The van der Waals surface area contributed by atoms with Gasteiger partial charge in [0.1, 0.15) is 5.82 Å². The van der Waals surface area contributed by atoms with E-state index in [9.17, 15) is 4.39 Å². The lowest BCUT2D eigenvalue weighted by molar-refractivity contribution is 0.628. The minimum atomic E-state index is -0.491. The summed E-state index contributed by atoms with van der Waals surface area (Å²) in [6.45, 7) is 1.65. The van der Waals surface area contributed by atoms with E-state index in [1.165, 1.54) is 12.1 Å². The van der Waals surface area contributed by atoms with Crippen molar-refractivity contribution in [2.24, 2.45) is 0 Å². The Hall–Kier alpha value is -1.62. The summed E-state index contributed by atoms with van der Waals surface area (Å²) in [6, 6.07) is 4.25. The summed E-state index contributed by atoms with van der Waals surface area (Å²) < 4.78 is 13.4. The molecule has 0 aliphatic carbocycles. The van der Waals surface area contributed by atoms with Gasteiger partial charge in [-0.05, 0) is 25.1 Å². The van der Waals surface area contributed by atoms with Crippen molar-refractivity contribution in [3.8, 4) is 11.4 Å². The summed E-state index contributed by atoms with van der Waals surface area (Å²) in [5.41, 5.74) is 0.236. The Morgan fingerprint density at radius 1 is 1.13 bits per heavy atom. The Labute approximate surface area is 90.1 Å². The average molecular weight is 225 g/mol. The minimum Gasteiger partial charge on any atom is -0.206 e. The smallest absolute Gasteiger partial charge is 0.206 e. The molecule has 0 saturated carbocycles. The van der Waals surface area contributed by atoms with Gasteiger partial charge in [0.2, 0.25) is 5.82 Å². The largest absolute Gasteiger partial charge is 0.206 e. The average Bonchev–Trinajstić information content (AvgIpc) is 2.20. The van der Waals surface area contributed by atoms with Crippen LogP contribution >= 0.6 is 11.6 Å². The third kappa shape index (κ3) is 2.07. The highest BCUT2D eigenvalue weighted by molar-refractivity contribution is 6.30. The zero-order valence-corrected chi connectivity index (χ0v) is 8.53. The van der Waals surface area contributed by atoms with Crippen molar-refractivity contribution < 1.29 is 4.39 Å². The maximum Gasteiger partial charge on any atom is 0.206 e. The lowest BCUT2D eigenvalue weighted by atomic mass is 10.2. The van der Waals surface area contributed by atoms with E-state index in [0.717, 1.165) is 0 Å². The number of benzene rings is 1. The van der Waals surface area contributed by atoms with Crippen LogP contribution in [0.15, 0.2) is 18.2 Å². The van der Waals surface area contributed by atoms with Crippen LogP contribution in [-0.4, -0.2) is 20.4 Å². The third-order valence-electron chi connectivity index (χ3n) is 1.75. The maximum absolute atomic E-state index is 13.4. The molecule has 1 heterocycles. The molecule has 0 bridgehead atoms. The van der Waals surface area contributed by atoms with E-state index in [1.807, 2.05) is 0 Å². The van der Waals surface area contributed by atoms with E-state index < -0.39 is 5.82 Å². The fourth-order valence-corrected chi connectivity index (χ4v) is 1.22. The van der Waals surface area contributed by atoms with Crippen LogP contribution in [0.2, 0.25) is 5.02 Å². The summed E-state index contributed by atoms with van der Waals surface area (Å²) in [5, 5.41) is 15.2. The van der Waals surface area contributed by atoms with Gasteiger partial charge >= 0.3 is 0 Å². The van der Waals surface area contributed by atoms with Crippen molar-refractivity contribution >= 4 is 11.6 Å². The van der Waals surface area contributed by atoms with E-state index >= 15 is 0 Å². The molecule has 0 amide bonds. The van der Waals surface area contributed by atoms with Crippen molar-refractivity contribution in [2.75, 3.05) is 0 Å². The van der Waals surface area contributed by atoms with Gasteiger partial charge in [-0.15, -0.1) is 20.4 Å². The molecular formula is C9H6ClFN4. The van der Waals surface area contributed by atoms with Crippen LogP contribution in [0.3, 0.4) is 0 Å². The standard InChI is InChI=1S/C9H6ClFN4/c1-5-12-14-9(15-13-5)7-3-2-6(10)4-8(7)11/h2-4H,1H3. The molecule has 4 nitrogen and oxygen atoms in total. The van der Waals surface area contributed by atoms with Gasteiger partial charge in [0.05, 0.1) is 5.56 Å². The minimum absolute atomic E-state index is 0.148. The fourth-order valence-electron chi connectivity index (χ4n) is 1.06. The van der Waals surface area contributed by atoms with Gasteiger partial charge < -0.3 is 0 Å². The van der Waals surface area contributed by atoms with E-state index in [2.05, 4.69) is 20.4 Å². The van der Waals surface area contributed by atoms with Crippen LogP contribution < -0.4 is 0 Å². The Kier molecular flexibility index (Phi) is 2.55. The monoisotopic (exact) mass is 224 g/mol. The van der Waals surface area contributed by atoms with Crippen molar-refractivity contribution in [1.82, 2.24) is 20.4 Å². The van der Waals surface area contributed by atoms with E-state index in [0.29, 0.717) is 10.8 Å². The molecule has 0 radical (unpaired) electrons. The van der Waals surface area contributed by atoms with E-state index in [-0.39, 0.29) is 11.4 Å². The quantitative estimate of drug-likeness (QED) is 0.744. The second kappa shape index (κ2) is 3.86. The summed E-state index contributed by atoms with van der Waals surface area (Å²) in [5.74, 6) is 0.0952. The van der Waals surface area contributed by atoms with Gasteiger partial charge in [-0.2, -0.15) is 0 Å². The van der Waals surface area contributed by atoms with E-state index in [4.69, 9.17) is 11.6 Å². The molecule has 2 rings (SSSR count). The predicted molar refractivity (Wildman–Crippen MR) is 52.8 cm³/mol. The molecule has 0 saturated heterocycles. The Bertz CT molecular complexity index is 486. The van der Waals surface area contributed by atoms with Gasteiger partial charge in [0, 0.05) is 5.02 Å². The zero-order chi connectivity index (χ0) is 10.8. The second-order valence-corrected chi connectivity index (χ2v) is 3.33. The summed E-state index contributed by atoms with van der Waals surface area (Å²) in [6.07, 6.45) is 0. The number of rotatable bonds is 1. The molecule has 1 aromatic carbocycles. The first-order chi connectivity index (χ1) is 7.16. The Morgan fingerprint density at radius 2 is 1.80 bits per heavy atom. The molecule has 0 aliphatic heterocycles. The topological polar surface area (TPSA) is 51.6 Å². The Balaban J connectivity index is 2.49. The molecule has 0 atom stereocenters.